The summed E-state index contributed by atoms with van der Waals surface area (Å²) in [5.74, 6) is 0.899. The summed E-state index contributed by atoms with van der Waals surface area (Å²) in [7, 11) is 4.14. The van der Waals surface area contributed by atoms with Crippen LogP contribution in [0, 0.1) is 0 Å². The molecule has 0 fully saturated rings. The van der Waals surface area contributed by atoms with Crippen LogP contribution in [0.4, 0.5) is 0 Å². The van der Waals surface area contributed by atoms with Gasteiger partial charge in [0, 0.05) is 25.2 Å². The molecule has 0 unspecified atom stereocenters. The molecular weight excluding hydrogens is 336 g/mol. The fourth-order valence-corrected chi connectivity index (χ4v) is 2.33. The third-order valence-corrected chi connectivity index (χ3v) is 3.62. The van der Waals surface area contributed by atoms with Crippen LogP contribution < -0.4 is 10.1 Å². The molecule has 0 amide bonds. The number of hydrogen-bond donors (Lipinski definition) is 1. The Morgan fingerprint density at radius 3 is 2.32 bits per heavy atom. The average molecular weight is 365 g/mol. The number of hydrogen-bond acceptors (Lipinski definition) is 4. The van der Waals surface area contributed by atoms with E-state index >= 15 is 0 Å². The number of benzene rings is 2. The first-order valence-corrected chi connectivity index (χ1v) is 8.48. The minimum Gasteiger partial charge on any atom is -0.491 e. The van der Waals surface area contributed by atoms with Crippen molar-refractivity contribution in [1.29, 1.82) is 0 Å². The maximum atomic E-state index is 5.90. The molecule has 2 aromatic carbocycles. The lowest BCUT2D eigenvalue weighted by Gasteiger charge is -2.12. The van der Waals surface area contributed by atoms with Crippen LogP contribution in [0.15, 0.2) is 54.6 Å². The van der Waals surface area contributed by atoms with Crippen molar-refractivity contribution in [2.45, 2.75) is 0 Å². The number of likely N-dealkylation sites (N-methyl/N-ethyl adjacent to an activating group) is 1. The summed E-state index contributed by atoms with van der Waals surface area (Å²) in [6.07, 6.45) is 0. The molecule has 1 N–H and O–H groups in total. The van der Waals surface area contributed by atoms with Crippen molar-refractivity contribution in [2.24, 2.45) is 0 Å². The molecule has 0 aliphatic rings. The molecule has 4 nitrogen and oxygen atoms in total. The van der Waals surface area contributed by atoms with Crippen molar-refractivity contribution >= 4 is 12.4 Å². The molecule has 2 aromatic rings. The summed E-state index contributed by atoms with van der Waals surface area (Å²) < 4.78 is 11.5. The molecule has 0 atom stereocenters. The Labute approximate surface area is 157 Å². The zero-order chi connectivity index (χ0) is 17.0. The van der Waals surface area contributed by atoms with E-state index in [9.17, 15) is 0 Å². The maximum absolute atomic E-state index is 5.90. The van der Waals surface area contributed by atoms with E-state index in [0.717, 1.165) is 30.9 Å². The molecule has 0 heterocycles. The van der Waals surface area contributed by atoms with Crippen molar-refractivity contribution < 1.29 is 9.47 Å². The van der Waals surface area contributed by atoms with Gasteiger partial charge in [0.2, 0.25) is 0 Å². The van der Waals surface area contributed by atoms with Gasteiger partial charge in [0.25, 0.3) is 0 Å². The van der Waals surface area contributed by atoms with Gasteiger partial charge >= 0.3 is 0 Å². The number of para-hydroxylation sites is 1. The van der Waals surface area contributed by atoms with Crippen LogP contribution >= 0.6 is 12.4 Å². The van der Waals surface area contributed by atoms with Crippen molar-refractivity contribution in [3.05, 3.63) is 54.6 Å². The molecule has 0 aliphatic carbocycles. The second-order valence-corrected chi connectivity index (χ2v) is 5.88. The summed E-state index contributed by atoms with van der Waals surface area (Å²) >= 11 is 0. The van der Waals surface area contributed by atoms with Crippen LogP contribution in [-0.2, 0) is 4.74 Å². The second-order valence-electron chi connectivity index (χ2n) is 5.88. The Hall–Kier alpha value is -1.59. The zero-order valence-electron chi connectivity index (χ0n) is 15.1. The standard InChI is InChI=1S/C20H28N2O2.ClH/c1-22(2)14-12-21-13-15-23-16-17-24-20-11-7-6-10-19(20)18-8-4-3-5-9-18;/h3-11,21H,12-17H2,1-2H3;1H. The highest BCUT2D eigenvalue weighted by Crippen LogP contribution is 2.29. The number of ether oxygens (including phenoxy) is 2. The smallest absolute Gasteiger partial charge is 0.127 e. The SMILES string of the molecule is CN(C)CCNCCOCCOc1ccccc1-c1ccccc1.Cl. The molecular formula is C20H29ClN2O2. The van der Waals surface area contributed by atoms with E-state index in [1.807, 2.05) is 36.4 Å². The summed E-state index contributed by atoms with van der Waals surface area (Å²) in [4.78, 5) is 2.16. The quantitative estimate of drug-likeness (QED) is 0.620. The Bertz CT molecular complexity index is 579. The molecule has 0 spiro atoms. The maximum Gasteiger partial charge on any atom is 0.127 e. The van der Waals surface area contributed by atoms with Gasteiger partial charge in [0.05, 0.1) is 13.2 Å². The molecule has 0 radical (unpaired) electrons. The first-order valence-electron chi connectivity index (χ1n) is 8.48. The summed E-state index contributed by atoms with van der Waals surface area (Å²) in [6, 6.07) is 18.4. The van der Waals surface area contributed by atoms with Crippen LogP contribution in [0.1, 0.15) is 0 Å². The minimum absolute atomic E-state index is 0. The molecule has 0 aromatic heterocycles. The molecule has 0 saturated carbocycles. The van der Waals surface area contributed by atoms with Gasteiger partial charge in [0.15, 0.2) is 0 Å². The van der Waals surface area contributed by atoms with Crippen molar-refractivity contribution in [3.8, 4) is 16.9 Å². The largest absolute Gasteiger partial charge is 0.491 e. The number of nitrogens with zero attached hydrogens (tertiary/aromatic N) is 1. The zero-order valence-corrected chi connectivity index (χ0v) is 15.9. The Morgan fingerprint density at radius 1 is 0.840 bits per heavy atom. The molecule has 0 bridgehead atoms. The number of rotatable bonds is 11. The van der Waals surface area contributed by atoms with E-state index in [0.29, 0.717) is 19.8 Å². The summed E-state index contributed by atoms with van der Waals surface area (Å²) in [5.41, 5.74) is 2.28. The minimum atomic E-state index is 0. The van der Waals surface area contributed by atoms with Crippen LogP contribution in [0.3, 0.4) is 0 Å². The molecule has 0 saturated heterocycles. The first kappa shape index (κ1) is 21.5. The Morgan fingerprint density at radius 2 is 1.56 bits per heavy atom. The van der Waals surface area contributed by atoms with Crippen LogP contribution in [0.25, 0.3) is 11.1 Å². The van der Waals surface area contributed by atoms with E-state index in [1.165, 1.54) is 5.56 Å². The Kier molecular flexibility index (Phi) is 10.9. The van der Waals surface area contributed by atoms with Crippen molar-refractivity contribution in [2.75, 3.05) is 53.6 Å². The van der Waals surface area contributed by atoms with E-state index in [2.05, 4.69) is 42.5 Å². The van der Waals surface area contributed by atoms with Gasteiger partial charge in [-0.25, -0.2) is 0 Å². The van der Waals surface area contributed by atoms with Gasteiger partial charge in [0.1, 0.15) is 12.4 Å². The monoisotopic (exact) mass is 364 g/mol. The number of nitrogens with one attached hydrogen (secondary N) is 1. The van der Waals surface area contributed by atoms with E-state index in [1.54, 1.807) is 0 Å². The third-order valence-electron chi connectivity index (χ3n) is 3.62. The van der Waals surface area contributed by atoms with Gasteiger partial charge < -0.3 is 19.7 Å². The van der Waals surface area contributed by atoms with Crippen molar-refractivity contribution in [3.63, 3.8) is 0 Å². The normalized spacial score (nSPS) is 10.5. The highest BCUT2D eigenvalue weighted by molar-refractivity contribution is 5.85. The molecule has 5 heteroatoms. The van der Waals surface area contributed by atoms with Gasteiger partial charge in [-0.3, -0.25) is 0 Å². The highest BCUT2D eigenvalue weighted by Gasteiger charge is 2.04. The van der Waals surface area contributed by atoms with Crippen molar-refractivity contribution in [1.82, 2.24) is 10.2 Å². The molecule has 25 heavy (non-hydrogen) atoms. The Balaban J connectivity index is 0.00000312. The fraction of sp³-hybridized carbons (Fsp3) is 0.400. The van der Waals surface area contributed by atoms with E-state index < -0.39 is 0 Å². The van der Waals surface area contributed by atoms with Gasteiger partial charge in [-0.15, -0.1) is 12.4 Å². The molecule has 2 rings (SSSR count). The highest BCUT2D eigenvalue weighted by atomic mass is 35.5. The van der Waals surface area contributed by atoms with Crippen LogP contribution in [-0.4, -0.2) is 58.5 Å². The van der Waals surface area contributed by atoms with E-state index in [4.69, 9.17) is 9.47 Å². The predicted octanol–water partition coefficient (Wildman–Crippen LogP) is 3.32. The average Bonchev–Trinajstić information content (AvgIpc) is 2.61. The van der Waals surface area contributed by atoms with Gasteiger partial charge in [-0.2, -0.15) is 0 Å². The molecule has 138 valence electrons. The third kappa shape index (κ3) is 8.36. The predicted molar refractivity (Wildman–Crippen MR) is 107 cm³/mol. The number of halogens is 1. The fourth-order valence-electron chi connectivity index (χ4n) is 2.33. The second kappa shape index (κ2) is 12.7. The van der Waals surface area contributed by atoms with Crippen LogP contribution in [0.2, 0.25) is 0 Å². The lowest BCUT2D eigenvalue weighted by molar-refractivity contribution is 0.102. The lowest BCUT2D eigenvalue weighted by Crippen LogP contribution is -2.29. The summed E-state index contributed by atoms with van der Waals surface area (Å²) in [5, 5.41) is 3.35. The van der Waals surface area contributed by atoms with Gasteiger partial charge in [-0.1, -0.05) is 48.5 Å². The first-order chi connectivity index (χ1) is 11.8. The van der Waals surface area contributed by atoms with Crippen LogP contribution in [0.5, 0.6) is 5.75 Å². The summed E-state index contributed by atoms with van der Waals surface area (Å²) in [6.45, 7) is 4.75. The van der Waals surface area contributed by atoms with Gasteiger partial charge in [-0.05, 0) is 25.7 Å². The topological polar surface area (TPSA) is 33.7 Å². The molecule has 0 aliphatic heterocycles. The van der Waals surface area contributed by atoms with E-state index in [-0.39, 0.29) is 12.4 Å². The lowest BCUT2D eigenvalue weighted by atomic mass is 10.1.